The quantitative estimate of drug-likeness (QED) is 0.605. The number of likely N-dealkylation sites (N-methyl/N-ethyl adjacent to an activating group) is 1. The van der Waals surface area contributed by atoms with Crippen molar-refractivity contribution in [3.8, 4) is 0 Å². The predicted molar refractivity (Wildman–Crippen MR) is 111 cm³/mol. The van der Waals surface area contributed by atoms with E-state index in [2.05, 4.69) is 16.0 Å². The number of rotatable bonds is 9. The van der Waals surface area contributed by atoms with E-state index in [4.69, 9.17) is 0 Å². The van der Waals surface area contributed by atoms with Gasteiger partial charge in [0.15, 0.2) is 0 Å². The molecule has 3 N–H and O–H groups in total. The largest absolute Gasteiger partial charge is 0.352 e. The van der Waals surface area contributed by atoms with Crippen LogP contribution in [0.25, 0.3) is 0 Å². The fraction of sp³-hybridized carbons (Fsp3) is 0.318. The first kappa shape index (κ1) is 20.5. The van der Waals surface area contributed by atoms with Crippen molar-refractivity contribution in [3.63, 3.8) is 0 Å². The van der Waals surface area contributed by atoms with E-state index < -0.39 is 0 Å². The van der Waals surface area contributed by atoms with Crippen molar-refractivity contribution >= 4 is 23.4 Å². The van der Waals surface area contributed by atoms with Crippen LogP contribution in [0.2, 0.25) is 0 Å². The van der Waals surface area contributed by atoms with E-state index in [0.29, 0.717) is 23.8 Å². The van der Waals surface area contributed by atoms with Crippen LogP contribution in [0.5, 0.6) is 0 Å². The van der Waals surface area contributed by atoms with Crippen molar-refractivity contribution < 1.29 is 14.4 Å². The van der Waals surface area contributed by atoms with Crippen molar-refractivity contribution in [2.75, 3.05) is 25.5 Å². The monoisotopic (exact) mass is 394 g/mol. The Kier molecular flexibility index (Phi) is 6.97. The molecular weight excluding hydrogens is 368 g/mol. The topological polar surface area (TPSA) is 90.5 Å². The molecule has 1 aliphatic rings. The van der Waals surface area contributed by atoms with Crippen LogP contribution >= 0.6 is 0 Å². The Labute approximate surface area is 170 Å². The second-order valence-corrected chi connectivity index (χ2v) is 7.28. The maximum atomic E-state index is 12.6. The number of anilines is 1. The van der Waals surface area contributed by atoms with Crippen molar-refractivity contribution in [3.05, 3.63) is 65.7 Å². The summed E-state index contributed by atoms with van der Waals surface area (Å²) in [6.07, 6.45) is 2.05. The zero-order valence-electron chi connectivity index (χ0n) is 16.5. The van der Waals surface area contributed by atoms with Crippen LogP contribution in [0.3, 0.4) is 0 Å². The van der Waals surface area contributed by atoms with Crippen LogP contribution in [-0.4, -0.2) is 48.8 Å². The summed E-state index contributed by atoms with van der Waals surface area (Å²) in [7, 11) is 1.71. The van der Waals surface area contributed by atoms with Gasteiger partial charge in [-0.05, 0) is 37.6 Å². The van der Waals surface area contributed by atoms with E-state index in [9.17, 15) is 14.4 Å². The molecule has 7 heteroatoms. The molecule has 1 aliphatic carbocycles. The molecule has 0 unspecified atom stereocenters. The average Bonchev–Trinajstić information content (AvgIpc) is 3.50. The van der Waals surface area contributed by atoms with Gasteiger partial charge in [-0.1, -0.05) is 42.5 Å². The summed E-state index contributed by atoms with van der Waals surface area (Å²) in [5, 5.41) is 8.53. The summed E-state index contributed by atoms with van der Waals surface area (Å²) in [5.74, 6) is -0.625. The lowest BCUT2D eigenvalue weighted by Crippen LogP contribution is -2.39. The first-order chi connectivity index (χ1) is 14.0. The molecule has 29 heavy (non-hydrogen) atoms. The number of nitrogens with zero attached hydrogens (tertiary/aromatic N) is 1. The van der Waals surface area contributed by atoms with Crippen molar-refractivity contribution in [1.29, 1.82) is 0 Å². The summed E-state index contributed by atoms with van der Waals surface area (Å²) >= 11 is 0. The smallest absolute Gasteiger partial charge is 0.253 e. The van der Waals surface area contributed by atoms with Gasteiger partial charge in [-0.25, -0.2) is 0 Å². The molecule has 1 saturated carbocycles. The molecule has 0 bridgehead atoms. The van der Waals surface area contributed by atoms with Crippen LogP contribution in [0.4, 0.5) is 5.69 Å². The minimum absolute atomic E-state index is 0.0536. The van der Waals surface area contributed by atoms with Gasteiger partial charge >= 0.3 is 0 Å². The molecule has 0 atom stereocenters. The Morgan fingerprint density at radius 3 is 2.31 bits per heavy atom. The number of para-hydroxylation sites is 1. The van der Waals surface area contributed by atoms with Gasteiger partial charge in [0.2, 0.25) is 11.8 Å². The maximum Gasteiger partial charge on any atom is 0.253 e. The number of hydrogen-bond donors (Lipinski definition) is 3. The highest BCUT2D eigenvalue weighted by Crippen LogP contribution is 2.18. The van der Waals surface area contributed by atoms with Gasteiger partial charge in [-0.2, -0.15) is 0 Å². The highest BCUT2D eigenvalue weighted by molar-refractivity contribution is 6.04. The Balaban J connectivity index is 1.52. The molecular formula is C22H26N4O3. The Morgan fingerprint density at radius 1 is 0.931 bits per heavy atom. The average molecular weight is 394 g/mol. The van der Waals surface area contributed by atoms with Gasteiger partial charge < -0.3 is 16.0 Å². The second kappa shape index (κ2) is 9.84. The first-order valence-electron chi connectivity index (χ1n) is 9.70. The second-order valence-electron chi connectivity index (χ2n) is 7.28. The minimum Gasteiger partial charge on any atom is -0.352 e. The molecule has 1 fully saturated rings. The normalized spacial score (nSPS) is 13.0. The molecule has 2 aromatic rings. The molecule has 0 radical (unpaired) electrons. The van der Waals surface area contributed by atoms with E-state index >= 15 is 0 Å². The number of hydrogen-bond acceptors (Lipinski definition) is 4. The van der Waals surface area contributed by atoms with Crippen molar-refractivity contribution in [1.82, 2.24) is 15.5 Å². The molecule has 0 spiro atoms. The van der Waals surface area contributed by atoms with Crippen molar-refractivity contribution in [2.24, 2.45) is 0 Å². The van der Waals surface area contributed by atoms with Crippen molar-refractivity contribution in [2.45, 2.75) is 25.4 Å². The molecule has 7 nitrogen and oxygen atoms in total. The lowest BCUT2D eigenvalue weighted by Gasteiger charge is -2.17. The van der Waals surface area contributed by atoms with Crippen LogP contribution in [0.15, 0.2) is 54.6 Å². The number of carbonyl (C=O) groups is 3. The van der Waals surface area contributed by atoms with E-state index in [1.807, 2.05) is 30.3 Å². The summed E-state index contributed by atoms with van der Waals surface area (Å²) < 4.78 is 0. The van der Waals surface area contributed by atoms with E-state index in [0.717, 1.165) is 18.4 Å². The van der Waals surface area contributed by atoms with Gasteiger partial charge in [0.25, 0.3) is 5.91 Å². The SMILES string of the molecule is CN(CC(=O)Nc1ccccc1C(=O)NCc1ccccc1)CC(=O)NC1CC1. The van der Waals surface area contributed by atoms with E-state index in [-0.39, 0.29) is 30.8 Å². The minimum atomic E-state index is -0.282. The molecule has 0 aromatic heterocycles. The molecule has 0 aliphatic heterocycles. The van der Waals surface area contributed by atoms with Gasteiger partial charge in [0, 0.05) is 12.6 Å². The number of carbonyl (C=O) groups excluding carboxylic acids is 3. The zero-order valence-corrected chi connectivity index (χ0v) is 16.5. The Hall–Kier alpha value is -3.19. The molecule has 3 rings (SSSR count). The summed E-state index contributed by atoms with van der Waals surface area (Å²) in [4.78, 5) is 38.4. The zero-order chi connectivity index (χ0) is 20.6. The lowest BCUT2D eigenvalue weighted by atomic mass is 10.1. The lowest BCUT2D eigenvalue weighted by molar-refractivity contribution is -0.123. The molecule has 0 saturated heterocycles. The standard InChI is InChI=1S/C22H26N4O3/c1-26(14-20(27)24-17-11-12-17)15-21(28)25-19-10-6-5-9-18(19)22(29)23-13-16-7-3-2-4-8-16/h2-10,17H,11-15H2,1H3,(H,23,29)(H,24,27)(H,25,28). The first-order valence-corrected chi connectivity index (χ1v) is 9.70. The number of nitrogens with one attached hydrogen (secondary N) is 3. The molecule has 0 heterocycles. The molecule has 3 amide bonds. The van der Waals surface area contributed by atoms with Gasteiger partial charge in [0.05, 0.1) is 24.3 Å². The van der Waals surface area contributed by atoms with Crippen LogP contribution in [0, 0.1) is 0 Å². The number of benzene rings is 2. The predicted octanol–water partition coefficient (Wildman–Crippen LogP) is 1.77. The summed E-state index contributed by atoms with van der Waals surface area (Å²) in [6.45, 7) is 0.613. The highest BCUT2D eigenvalue weighted by atomic mass is 16.2. The Morgan fingerprint density at radius 2 is 1.59 bits per heavy atom. The van der Waals surface area contributed by atoms with Crippen LogP contribution < -0.4 is 16.0 Å². The van der Waals surface area contributed by atoms with E-state index in [1.54, 1.807) is 36.2 Å². The fourth-order valence-corrected chi connectivity index (χ4v) is 2.90. The van der Waals surface area contributed by atoms with Gasteiger partial charge in [-0.3, -0.25) is 19.3 Å². The number of amides is 3. The van der Waals surface area contributed by atoms with Gasteiger partial charge in [-0.15, -0.1) is 0 Å². The van der Waals surface area contributed by atoms with Gasteiger partial charge in [0.1, 0.15) is 0 Å². The highest BCUT2D eigenvalue weighted by Gasteiger charge is 2.24. The molecule has 152 valence electrons. The van der Waals surface area contributed by atoms with Crippen LogP contribution in [0.1, 0.15) is 28.8 Å². The third kappa shape index (κ3) is 6.73. The summed E-state index contributed by atoms with van der Waals surface area (Å²) in [6, 6.07) is 16.8. The third-order valence-corrected chi connectivity index (χ3v) is 4.51. The summed E-state index contributed by atoms with van der Waals surface area (Å²) in [5.41, 5.74) is 1.83. The molecule has 2 aromatic carbocycles. The maximum absolute atomic E-state index is 12.6. The Bertz CT molecular complexity index is 865. The third-order valence-electron chi connectivity index (χ3n) is 4.51. The van der Waals surface area contributed by atoms with Crippen LogP contribution in [-0.2, 0) is 16.1 Å². The fourth-order valence-electron chi connectivity index (χ4n) is 2.90. The van der Waals surface area contributed by atoms with E-state index in [1.165, 1.54) is 0 Å².